The lowest BCUT2D eigenvalue weighted by Gasteiger charge is -2.45. The lowest BCUT2D eigenvalue weighted by molar-refractivity contribution is -0.141. The van der Waals surface area contributed by atoms with E-state index < -0.39 is 17.2 Å². The molecule has 1 aromatic carbocycles. The summed E-state index contributed by atoms with van der Waals surface area (Å²) in [6, 6.07) is 5.03. The van der Waals surface area contributed by atoms with Crippen LogP contribution < -0.4 is 5.73 Å². The standard InChI is InChI=1S/C18H25F3N2O.ClH/c1-16(2)11-23(9-8-14(16)22)15(24)17(3,4)12-6-5-7-13(10-12)18(19,20)21;/h5-7,10,14H,8-9,11,22H2,1-4H3;1H. The van der Waals surface area contributed by atoms with Gasteiger partial charge in [0.2, 0.25) is 5.91 Å². The van der Waals surface area contributed by atoms with Crippen LogP contribution in [0.15, 0.2) is 24.3 Å². The van der Waals surface area contributed by atoms with Crippen molar-refractivity contribution in [3.63, 3.8) is 0 Å². The summed E-state index contributed by atoms with van der Waals surface area (Å²) < 4.78 is 38.8. The highest BCUT2D eigenvalue weighted by Gasteiger charge is 2.41. The molecule has 1 saturated heterocycles. The summed E-state index contributed by atoms with van der Waals surface area (Å²) in [6.45, 7) is 8.41. The number of amides is 1. The van der Waals surface area contributed by atoms with Crippen molar-refractivity contribution in [2.75, 3.05) is 13.1 Å². The Bertz CT molecular complexity index is 629. The monoisotopic (exact) mass is 378 g/mol. The van der Waals surface area contributed by atoms with Gasteiger partial charge in [0.05, 0.1) is 11.0 Å². The summed E-state index contributed by atoms with van der Waals surface area (Å²) in [5.74, 6) is -0.165. The third kappa shape index (κ3) is 4.47. The van der Waals surface area contributed by atoms with Crippen LogP contribution in [0, 0.1) is 5.41 Å². The lowest BCUT2D eigenvalue weighted by Crippen LogP contribution is -2.56. The molecule has 1 fully saturated rings. The highest BCUT2D eigenvalue weighted by molar-refractivity contribution is 5.87. The van der Waals surface area contributed by atoms with Crippen molar-refractivity contribution in [2.24, 2.45) is 11.1 Å². The number of rotatable bonds is 2. The van der Waals surface area contributed by atoms with E-state index in [9.17, 15) is 18.0 Å². The predicted octanol–water partition coefficient (Wildman–Crippen LogP) is 3.99. The molecule has 1 aliphatic heterocycles. The minimum atomic E-state index is -4.42. The molecule has 0 radical (unpaired) electrons. The van der Waals surface area contributed by atoms with Gasteiger partial charge in [-0.3, -0.25) is 4.79 Å². The number of carbonyl (C=O) groups is 1. The molecule has 1 heterocycles. The number of likely N-dealkylation sites (tertiary alicyclic amines) is 1. The quantitative estimate of drug-likeness (QED) is 0.845. The molecule has 1 aliphatic rings. The van der Waals surface area contributed by atoms with Crippen LogP contribution in [-0.4, -0.2) is 29.9 Å². The average molecular weight is 379 g/mol. The van der Waals surface area contributed by atoms with Crippen LogP contribution in [0.3, 0.4) is 0 Å². The third-order valence-corrected chi connectivity index (χ3v) is 5.05. The van der Waals surface area contributed by atoms with Crippen molar-refractivity contribution in [2.45, 2.75) is 51.7 Å². The lowest BCUT2D eigenvalue weighted by atomic mass is 9.77. The minimum Gasteiger partial charge on any atom is -0.341 e. The molecule has 1 unspecified atom stereocenters. The summed E-state index contributed by atoms with van der Waals surface area (Å²) >= 11 is 0. The second-order valence-electron chi connectivity index (χ2n) is 7.81. The van der Waals surface area contributed by atoms with E-state index in [0.717, 1.165) is 12.1 Å². The Morgan fingerprint density at radius 1 is 1.24 bits per heavy atom. The first kappa shape index (κ1) is 21.8. The fraction of sp³-hybridized carbons (Fsp3) is 0.611. The van der Waals surface area contributed by atoms with Gasteiger partial charge in [0.1, 0.15) is 0 Å². The SMILES string of the molecule is CC(C)(C(=O)N1CCC(N)C(C)(C)C1)c1cccc(C(F)(F)F)c1.Cl. The second-order valence-corrected chi connectivity index (χ2v) is 7.81. The van der Waals surface area contributed by atoms with Crippen molar-refractivity contribution >= 4 is 18.3 Å². The fourth-order valence-corrected chi connectivity index (χ4v) is 3.15. The second kappa shape index (κ2) is 7.16. The third-order valence-electron chi connectivity index (χ3n) is 5.05. The van der Waals surface area contributed by atoms with Crippen molar-refractivity contribution in [3.8, 4) is 0 Å². The number of alkyl halides is 3. The summed E-state index contributed by atoms with van der Waals surface area (Å²) in [6.07, 6.45) is -3.73. The van der Waals surface area contributed by atoms with Gasteiger partial charge >= 0.3 is 6.18 Å². The molecule has 0 spiro atoms. The van der Waals surface area contributed by atoms with E-state index in [1.165, 1.54) is 6.07 Å². The molecule has 7 heteroatoms. The highest BCUT2D eigenvalue weighted by Crippen LogP contribution is 2.35. The van der Waals surface area contributed by atoms with Gasteiger partial charge in [-0.2, -0.15) is 13.2 Å². The molecule has 2 N–H and O–H groups in total. The van der Waals surface area contributed by atoms with Crippen LogP contribution >= 0.6 is 12.4 Å². The topological polar surface area (TPSA) is 46.3 Å². The van der Waals surface area contributed by atoms with Crippen LogP contribution in [0.1, 0.15) is 45.2 Å². The van der Waals surface area contributed by atoms with Crippen molar-refractivity contribution in [3.05, 3.63) is 35.4 Å². The van der Waals surface area contributed by atoms with E-state index in [4.69, 9.17) is 5.73 Å². The number of nitrogens with zero attached hydrogens (tertiary/aromatic N) is 1. The van der Waals surface area contributed by atoms with E-state index in [2.05, 4.69) is 0 Å². The minimum absolute atomic E-state index is 0. The number of nitrogens with two attached hydrogens (primary N) is 1. The first-order chi connectivity index (χ1) is 10.9. The van der Waals surface area contributed by atoms with E-state index in [0.29, 0.717) is 25.1 Å². The van der Waals surface area contributed by atoms with Gasteiger partial charge in [0, 0.05) is 19.1 Å². The zero-order chi connectivity index (χ0) is 18.3. The summed E-state index contributed by atoms with van der Waals surface area (Å²) in [7, 11) is 0. The molecule has 3 nitrogen and oxygen atoms in total. The largest absolute Gasteiger partial charge is 0.416 e. The molecular weight excluding hydrogens is 353 g/mol. The molecule has 1 amide bonds. The normalized spacial score (nSPS) is 20.8. The molecule has 0 saturated carbocycles. The van der Waals surface area contributed by atoms with Crippen LogP contribution in [0.25, 0.3) is 0 Å². The van der Waals surface area contributed by atoms with Gasteiger partial charge in [0.15, 0.2) is 0 Å². The van der Waals surface area contributed by atoms with Gasteiger partial charge in [0.25, 0.3) is 0 Å². The number of hydrogen-bond donors (Lipinski definition) is 1. The van der Waals surface area contributed by atoms with Gasteiger partial charge < -0.3 is 10.6 Å². The fourth-order valence-electron chi connectivity index (χ4n) is 3.15. The molecule has 0 aromatic heterocycles. The Morgan fingerprint density at radius 3 is 2.32 bits per heavy atom. The number of hydrogen-bond acceptors (Lipinski definition) is 2. The van der Waals surface area contributed by atoms with Crippen LogP contribution in [0.5, 0.6) is 0 Å². The van der Waals surface area contributed by atoms with Crippen LogP contribution in [0.2, 0.25) is 0 Å². The predicted molar refractivity (Wildman–Crippen MR) is 94.7 cm³/mol. The van der Waals surface area contributed by atoms with E-state index >= 15 is 0 Å². The van der Waals surface area contributed by atoms with E-state index in [-0.39, 0.29) is 29.8 Å². The summed E-state index contributed by atoms with van der Waals surface area (Å²) in [5, 5.41) is 0. The maximum atomic E-state index is 13.0. The zero-order valence-electron chi connectivity index (χ0n) is 15.0. The number of benzene rings is 1. The maximum absolute atomic E-state index is 13.0. The first-order valence-electron chi connectivity index (χ1n) is 8.08. The summed E-state index contributed by atoms with van der Waals surface area (Å²) in [5.41, 5.74) is 4.50. The molecular formula is C18H26ClF3N2O. The van der Waals surface area contributed by atoms with Crippen LogP contribution in [-0.2, 0) is 16.4 Å². The molecule has 0 bridgehead atoms. The highest BCUT2D eigenvalue weighted by atomic mass is 35.5. The maximum Gasteiger partial charge on any atom is 0.416 e. The Kier molecular flexibility index (Phi) is 6.23. The zero-order valence-corrected chi connectivity index (χ0v) is 15.8. The van der Waals surface area contributed by atoms with Gasteiger partial charge in [-0.1, -0.05) is 32.0 Å². The van der Waals surface area contributed by atoms with Gasteiger partial charge in [-0.25, -0.2) is 0 Å². The Labute approximate surface area is 153 Å². The van der Waals surface area contributed by atoms with Crippen molar-refractivity contribution in [1.29, 1.82) is 0 Å². The van der Waals surface area contributed by atoms with Crippen molar-refractivity contribution < 1.29 is 18.0 Å². The van der Waals surface area contributed by atoms with E-state index in [1.54, 1.807) is 24.8 Å². The van der Waals surface area contributed by atoms with Gasteiger partial charge in [-0.15, -0.1) is 12.4 Å². The molecule has 2 rings (SSSR count). The number of carbonyl (C=O) groups excluding carboxylic acids is 1. The number of piperidine rings is 1. The molecule has 1 atom stereocenters. The smallest absolute Gasteiger partial charge is 0.341 e. The van der Waals surface area contributed by atoms with Crippen LogP contribution in [0.4, 0.5) is 13.2 Å². The summed E-state index contributed by atoms with van der Waals surface area (Å²) in [4.78, 5) is 14.7. The van der Waals surface area contributed by atoms with E-state index in [1.807, 2.05) is 13.8 Å². The first-order valence-corrected chi connectivity index (χ1v) is 8.08. The molecule has 25 heavy (non-hydrogen) atoms. The molecule has 1 aromatic rings. The Morgan fingerprint density at radius 2 is 1.80 bits per heavy atom. The molecule has 142 valence electrons. The molecule has 0 aliphatic carbocycles. The van der Waals surface area contributed by atoms with Crippen molar-refractivity contribution in [1.82, 2.24) is 4.90 Å². The average Bonchev–Trinajstić information content (AvgIpc) is 2.48. The Balaban J connectivity index is 0.00000312. The van der Waals surface area contributed by atoms with Gasteiger partial charge in [-0.05, 0) is 37.3 Å². The Hall–Kier alpha value is -1.27. The number of halogens is 4.